The van der Waals surface area contributed by atoms with Crippen molar-refractivity contribution >= 4 is 17.3 Å². The van der Waals surface area contributed by atoms with E-state index in [1.165, 1.54) is 0 Å². The molecule has 0 spiro atoms. The first-order valence-electron chi connectivity index (χ1n) is 8.22. The van der Waals surface area contributed by atoms with Gasteiger partial charge in [0.1, 0.15) is 5.82 Å². The topological polar surface area (TPSA) is 59.7 Å². The standard InChI is InChI=1S/C17H20N6S/c1-13-4-5-19-17(21-13)23-7-2-3-14(9-23)16-18-6-8-22(16)10-15-11-24-12-20-15/h4-6,8,11-12,14H,2-3,7,9-10H2,1H3/t14-/m0/s1. The fourth-order valence-electron chi connectivity index (χ4n) is 3.26. The lowest BCUT2D eigenvalue weighted by molar-refractivity contribution is 0.470. The molecule has 6 nitrogen and oxygen atoms in total. The molecule has 0 amide bonds. The first-order chi connectivity index (χ1) is 11.8. The van der Waals surface area contributed by atoms with E-state index in [-0.39, 0.29) is 0 Å². The van der Waals surface area contributed by atoms with Crippen LogP contribution in [0.2, 0.25) is 0 Å². The molecule has 3 aromatic heterocycles. The fourth-order valence-corrected chi connectivity index (χ4v) is 3.81. The number of hydrogen-bond acceptors (Lipinski definition) is 6. The lowest BCUT2D eigenvalue weighted by Crippen LogP contribution is -2.36. The monoisotopic (exact) mass is 340 g/mol. The van der Waals surface area contributed by atoms with Gasteiger partial charge in [-0.2, -0.15) is 0 Å². The molecule has 1 atom stereocenters. The number of piperidine rings is 1. The first-order valence-corrected chi connectivity index (χ1v) is 9.16. The molecular formula is C17H20N6S. The molecular weight excluding hydrogens is 320 g/mol. The van der Waals surface area contributed by atoms with Crippen LogP contribution in [-0.4, -0.2) is 37.6 Å². The summed E-state index contributed by atoms with van der Waals surface area (Å²) < 4.78 is 2.22. The molecule has 0 saturated carbocycles. The summed E-state index contributed by atoms with van der Waals surface area (Å²) >= 11 is 1.63. The summed E-state index contributed by atoms with van der Waals surface area (Å²) in [7, 11) is 0. The highest BCUT2D eigenvalue weighted by Gasteiger charge is 2.26. The Morgan fingerprint density at radius 3 is 3.04 bits per heavy atom. The minimum Gasteiger partial charge on any atom is -0.340 e. The van der Waals surface area contributed by atoms with E-state index in [0.29, 0.717) is 5.92 Å². The highest BCUT2D eigenvalue weighted by molar-refractivity contribution is 7.07. The number of aromatic nitrogens is 5. The van der Waals surface area contributed by atoms with Gasteiger partial charge in [0.25, 0.3) is 0 Å². The quantitative estimate of drug-likeness (QED) is 0.731. The Hall–Kier alpha value is -2.28. The molecule has 1 fully saturated rings. The summed E-state index contributed by atoms with van der Waals surface area (Å²) in [6.45, 7) is 4.72. The van der Waals surface area contributed by atoms with E-state index in [1.807, 2.05) is 30.9 Å². The Balaban J connectivity index is 1.53. The third kappa shape index (κ3) is 3.17. The number of thiazole rings is 1. The molecule has 4 heterocycles. The fraction of sp³-hybridized carbons (Fsp3) is 0.412. The van der Waals surface area contributed by atoms with Crippen LogP contribution in [0, 0.1) is 6.92 Å². The van der Waals surface area contributed by atoms with Crippen molar-refractivity contribution in [3.05, 3.63) is 52.8 Å². The van der Waals surface area contributed by atoms with Crippen molar-refractivity contribution in [1.82, 2.24) is 24.5 Å². The average molecular weight is 340 g/mol. The number of aryl methyl sites for hydroxylation is 1. The van der Waals surface area contributed by atoms with Crippen LogP contribution in [0.1, 0.15) is 36.0 Å². The smallest absolute Gasteiger partial charge is 0.225 e. The lowest BCUT2D eigenvalue weighted by atomic mass is 9.97. The largest absolute Gasteiger partial charge is 0.340 e. The van der Waals surface area contributed by atoms with Gasteiger partial charge in [0.15, 0.2) is 0 Å². The van der Waals surface area contributed by atoms with E-state index in [4.69, 9.17) is 0 Å². The molecule has 1 aliphatic heterocycles. The highest BCUT2D eigenvalue weighted by atomic mass is 32.1. The third-order valence-corrected chi connectivity index (χ3v) is 5.05. The second-order valence-corrected chi connectivity index (χ2v) is 6.89. The third-order valence-electron chi connectivity index (χ3n) is 4.41. The van der Waals surface area contributed by atoms with E-state index in [9.17, 15) is 0 Å². The molecule has 24 heavy (non-hydrogen) atoms. The molecule has 0 aromatic carbocycles. The van der Waals surface area contributed by atoms with Crippen molar-refractivity contribution in [1.29, 1.82) is 0 Å². The zero-order valence-corrected chi connectivity index (χ0v) is 14.5. The lowest BCUT2D eigenvalue weighted by Gasteiger charge is -2.32. The van der Waals surface area contributed by atoms with Crippen molar-refractivity contribution in [2.24, 2.45) is 0 Å². The van der Waals surface area contributed by atoms with Gasteiger partial charge in [0.2, 0.25) is 5.95 Å². The SMILES string of the molecule is Cc1ccnc(N2CCC[C@H](c3nccn3Cc3cscn3)C2)n1. The summed E-state index contributed by atoms with van der Waals surface area (Å²) in [5.41, 5.74) is 3.98. The average Bonchev–Trinajstić information content (AvgIpc) is 3.27. The molecule has 4 rings (SSSR count). The van der Waals surface area contributed by atoms with Gasteiger partial charge in [-0.1, -0.05) is 0 Å². The van der Waals surface area contributed by atoms with Gasteiger partial charge in [-0.05, 0) is 25.8 Å². The van der Waals surface area contributed by atoms with Gasteiger partial charge in [0.05, 0.1) is 17.7 Å². The molecule has 0 aliphatic carbocycles. The molecule has 0 unspecified atom stereocenters. The molecule has 1 aliphatic rings. The normalized spacial score (nSPS) is 18.0. The van der Waals surface area contributed by atoms with Crippen LogP contribution >= 0.6 is 11.3 Å². The molecule has 1 saturated heterocycles. The molecule has 7 heteroatoms. The van der Waals surface area contributed by atoms with Crippen LogP contribution in [0.25, 0.3) is 0 Å². The summed E-state index contributed by atoms with van der Waals surface area (Å²) in [5.74, 6) is 2.37. The number of anilines is 1. The summed E-state index contributed by atoms with van der Waals surface area (Å²) in [4.78, 5) is 20.3. The molecule has 0 bridgehead atoms. The summed E-state index contributed by atoms with van der Waals surface area (Å²) in [6, 6.07) is 1.94. The molecule has 0 radical (unpaired) electrons. The van der Waals surface area contributed by atoms with E-state index in [2.05, 4.69) is 41.0 Å². The Morgan fingerprint density at radius 1 is 1.25 bits per heavy atom. The van der Waals surface area contributed by atoms with Gasteiger partial charge < -0.3 is 9.47 Å². The van der Waals surface area contributed by atoms with Gasteiger partial charge in [-0.3, -0.25) is 0 Å². The summed E-state index contributed by atoms with van der Waals surface area (Å²) in [5, 5.41) is 2.09. The Kier molecular flexibility index (Phi) is 4.25. The first kappa shape index (κ1) is 15.3. The van der Waals surface area contributed by atoms with Gasteiger partial charge >= 0.3 is 0 Å². The van der Waals surface area contributed by atoms with Crippen molar-refractivity contribution < 1.29 is 0 Å². The zero-order valence-electron chi connectivity index (χ0n) is 13.7. The van der Waals surface area contributed by atoms with Crippen LogP contribution in [0.4, 0.5) is 5.95 Å². The Labute approximate surface area is 145 Å². The Morgan fingerprint density at radius 2 is 2.21 bits per heavy atom. The van der Waals surface area contributed by atoms with Crippen LogP contribution in [-0.2, 0) is 6.54 Å². The molecule has 3 aromatic rings. The van der Waals surface area contributed by atoms with Crippen LogP contribution in [0.15, 0.2) is 35.5 Å². The number of nitrogens with zero attached hydrogens (tertiary/aromatic N) is 6. The van der Waals surface area contributed by atoms with E-state index >= 15 is 0 Å². The number of imidazole rings is 1. The van der Waals surface area contributed by atoms with E-state index < -0.39 is 0 Å². The van der Waals surface area contributed by atoms with Crippen molar-refractivity contribution in [3.63, 3.8) is 0 Å². The Bertz CT molecular complexity index is 797. The van der Waals surface area contributed by atoms with Crippen molar-refractivity contribution in [3.8, 4) is 0 Å². The second-order valence-electron chi connectivity index (χ2n) is 6.18. The van der Waals surface area contributed by atoms with Crippen LogP contribution < -0.4 is 4.90 Å². The highest BCUT2D eigenvalue weighted by Crippen LogP contribution is 2.28. The van der Waals surface area contributed by atoms with E-state index in [0.717, 1.165) is 55.6 Å². The second kappa shape index (κ2) is 6.68. The van der Waals surface area contributed by atoms with Crippen LogP contribution in [0.3, 0.4) is 0 Å². The number of hydrogen-bond donors (Lipinski definition) is 0. The zero-order chi connectivity index (χ0) is 16.4. The summed E-state index contributed by atoms with van der Waals surface area (Å²) in [6.07, 6.45) is 8.06. The van der Waals surface area contributed by atoms with Crippen molar-refractivity contribution in [2.45, 2.75) is 32.2 Å². The van der Waals surface area contributed by atoms with Crippen molar-refractivity contribution in [2.75, 3.05) is 18.0 Å². The predicted molar refractivity (Wildman–Crippen MR) is 94.4 cm³/mol. The minimum absolute atomic E-state index is 0.400. The maximum atomic E-state index is 4.64. The number of rotatable bonds is 4. The maximum absolute atomic E-state index is 4.64. The molecule has 124 valence electrons. The minimum atomic E-state index is 0.400. The maximum Gasteiger partial charge on any atom is 0.225 e. The van der Waals surface area contributed by atoms with E-state index in [1.54, 1.807) is 11.3 Å². The van der Waals surface area contributed by atoms with Gasteiger partial charge in [-0.15, -0.1) is 11.3 Å². The van der Waals surface area contributed by atoms with Crippen LogP contribution in [0.5, 0.6) is 0 Å². The molecule has 0 N–H and O–H groups in total. The van der Waals surface area contributed by atoms with Gasteiger partial charge in [0, 0.05) is 48.7 Å². The van der Waals surface area contributed by atoms with Gasteiger partial charge in [-0.25, -0.2) is 19.9 Å². The predicted octanol–water partition coefficient (Wildman–Crippen LogP) is 2.87.